The van der Waals surface area contributed by atoms with Crippen molar-refractivity contribution >= 4 is 11.7 Å². The van der Waals surface area contributed by atoms with Crippen LogP contribution in [0.4, 0.5) is 5.82 Å². The van der Waals surface area contributed by atoms with Gasteiger partial charge >= 0.3 is 0 Å². The van der Waals surface area contributed by atoms with Gasteiger partial charge in [0.2, 0.25) is 5.91 Å². The van der Waals surface area contributed by atoms with E-state index in [4.69, 9.17) is 0 Å². The second-order valence-electron chi connectivity index (χ2n) is 4.72. The van der Waals surface area contributed by atoms with E-state index in [-0.39, 0.29) is 5.91 Å². The van der Waals surface area contributed by atoms with Gasteiger partial charge in [-0.2, -0.15) is 5.10 Å². The Bertz CT molecular complexity index is 599. The number of nitrogens with one attached hydrogen (secondary N) is 1. The Balaban J connectivity index is 2.07. The van der Waals surface area contributed by atoms with E-state index in [0.717, 1.165) is 22.5 Å². The molecule has 5 heteroatoms. The second kappa shape index (κ2) is 5.22. The van der Waals surface area contributed by atoms with E-state index in [1.165, 1.54) is 0 Å². The molecule has 100 valence electrons. The van der Waals surface area contributed by atoms with Gasteiger partial charge in [-0.1, -0.05) is 6.07 Å². The zero-order valence-electron chi connectivity index (χ0n) is 11.7. The molecule has 0 aliphatic carbocycles. The van der Waals surface area contributed by atoms with Crippen LogP contribution in [0, 0.1) is 20.8 Å². The molecule has 1 N–H and O–H groups in total. The fraction of sp³-hybridized carbons (Fsp3) is 0.357. The molecule has 2 rings (SSSR count). The normalized spacial score (nSPS) is 10.5. The lowest BCUT2D eigenvalue weighted by atomic mass is 10.1. The van der Waals surface area contributed by atoms with Crippen molar-refractivity contribution in [3.8, 4) is 0 Å². The van der Waals surface area contributed by atoms with E-state index < -0.39 is 0 Å². The predicted molar refractivity (Wildman–Crippen MR) is 74.0 cm³/mol. The van der Waals surface area contributed by atoms with Gasteiger partial charge in [-0.15, -0.1) is 0 Å². The minimum Gasteiger partial charge on any atom is -0.310 e. The van der Waals surface area contributed by atoms with Crippen LogP contribution in [0.5, 0.6) is 0 Å². The monoisotopic (exact) mass is 258 g/mol. The van der Waals surface area contributed by atoms with E-state index in [0.29, 0.717) is 12.2 Å². The van der Waals surface area contributed by atoms with Crippen LogP contribution in [-0.2, 0) is 18.3 Å². The standard InChI is InChI=1S/C14H18N4O/c1-9-5-6-13(15-8-9)16-14(19)7-12-10(2)17-18(4)11(12)3/h5-6,8H,7H2,1-4H3,(H,15,16,19). The minimum atomic E-state index is -0.0736. The Hall–Kier alpha value is -2.17. The summed E-state index contributed by atoms with van der Waals surface area (Å²) in [6, 6.07) is 3.72. The third-order valence-corrected chi connectivity index (χ3v) is 3.18. The van der Waals surface area contributed by atoms with Gasteiger partial charge in [-0.25, -0.2) is 4.98 Å². The summed E-state index contributed by atoms with van der Waals surface area (Å²) in [4.78, 5) is 16.1. The summed E-state index contributed by atoms with van der Waals surface area (Å²) in [5.74, 6) is 0.505. The minimum absolute atomic E-state index is 0.0736. The Morgan fingerprint density at radius 1 is 1.32 bits per heavy atom. The maximum absolute atomic E-state index is 12.0. The first kappa shape index (κ1) is 13.3. The summed E-state index contributed by atoms with van der Waals surface area (Å²) in [5, 5.41) is 7.10. The molecular formula is C14H18N4O. The fourth-order valence-electron chi connectivity index (χ4n) is 1.96. The number of amides is 1. The summed E-state index contributed by atoms with van der Waals surface area (Å²) in [5.41, 5.74) is 3.96. The second-order valence-corrected chi connectivity index (χ2v) is 4.72. The van der Waals surface area contributed by atoms with Gasteiger partial charge in [0.15, 0.2) is 0 Å². The molecule has 0 atom stereocenters. The van der Waals surface area contributed by atoms with Crippen LogP contribution in [-0.4, -0.2) is 20.7 Å². The Morgan fingerprint density at radius 2 is 2.05 bits per heavy atom. The number of aryl methyl sites for hydroxylation is 3. The molecule has 0 aliphatic rings. The third-order valence-electron chi connectivity index (χ3n) is 3.18. The quantitative estimate of drug-likeness (QED) is 0.915. The van der Waals surface area contributed by atoms with Crippen LogP contribution in [0.3, 0.4) is 0 Å². The molecule has 0 saturated carbocycles. The van der Waals surface area contributed by atoms with Gasteiger partial charge in [-0.05, 0) is 32.4 Å². The van der Waals surface area contributed by atoms with E-state index in [2.05, 4.69) is 15.4 Å². The molecule has 0 aromatic carbocycles. The number of hydrogen-bond donors (Lipinski definition) is 1. The van der Waals surface area contributed by atoms with Crippen molar-refractivity contribution in [3.63, 3.8) is 0 Å². The van der Waals surface area contributed by atoms with Crippen LogP contribution in [0.15, 0.2) is 18.3 Å². The number of nitrogens with zero attached hydrogens (tertiary/aromatic N) is 3. The lowest BCUT2D eigenvalue weighted by molar-refractivity contribution is -0.115. The summed E-state index contributed by atoms with van der Waals surface area (Å²) < 4.78 is 1.79. The van der Waals surface area contributed by atoms with E-state index >= 15 is 0 Å². The molecule has 0 bridgehead atoms. The number of pyridine rings is 1. The van der Waals surface area contributed by atoms with Gasteiger partial charge in [0.25, 0.3) is 0 Å². The molecule has 0 saturated heterocycles. The summed E-state index contributed by atoms with van der Waals surface area (Å²) in [6.45, 7) is 5.84. The topological polar surface area (TPSA) is 59.8 Å². The van der Waals surface area contributed by atoms with Crippen molar-refractivity contribution in [3.05, 3.63) is 40.8 Å². The molecule has 0 spiro atoms. The average Bonchev–Trinajstić information content (AvgIpc) is 2.59. The highest BCUT2D eigenvalue weighted by Crippen LogP contribution is 2.13. The Labute approximate surface area is 112 Å². The first-order chi connectivity index (χ1) is 8.97. The predicted octanol–water partition coefficient (Wildman–Crippen LogP) is 1.92. The summed E-state index contributed by atoms with van der Waals surface area (Å²) in [7, 11) is 1.88. The highest BCUT2D eigenvalue weighted by molar-refractivity contribution is 5.91. The average molecular weight is 258 g/mol. The van der Waals surface area contributed by atoms with Crippen molar-refractivity contribution in [1.82, 2.24) is 14.8 Å². The number of carbonyl (C=O) groups excluding carboxylic acids is 1. The molecule has 0 unspecified atom stereocenters. The molecule has 0 fully saturated rings. The van der Waals surface area contributed by atoms with Crippen LogP contribution in [0.25, 0.3) is 0 Å². The first-order valence-electron chi connectivity index (χ1n) is 6.19. The highest BCUT2D eigenvalue weighted by atomic mass is 16.1. The maximum atomic E-state index is 12.0. The zero-order chi connectivity index (χ0) is 14.0. The van der Waals surface area contributed by atoms with Crippen molar-refractivity contribution in [2.45, 2.75) is 27.2 Å². The smallest absolute Gasteiger partial charge is 0.230 e. The molecule has 0 radical (unpaired) electrons. The van der Waals surface area contributed by atoms with Crippen molar-refractivity contribution in [2.24, 2.45) is 7.05 Å². The molecule has 2 heterocycles. The molecule has 19 heavy (non-hydrogen) atoms. The van der Waals surface area contributed by atoms with E-state index in [1.807, 2.05) is 33.9 Å². The molecule has 2 aromatic heterocycles. The van der Waals surface area contributed by atoms with Gasteiger partial charge < -0.3 is 5.32 Å². The Morgan fingerprint density at radius 3 is 2.58 bits per heavy atom. The van der Waals surface area contributed by atoms with E-state index in [9.17, 15) is 4.79 Å². The molecule has 2 aromatic rings. The van der Waals surface area contributed by atoms with Crippen LogP contribution in [0.1, 0.15) is 22.5 Å². The fourth-order valence-corrected chi connectivity index (χ4v) is 1.96. The van der Waals surface area contributed by atoms with Gasteiger partial charge in [0.05, 0.1) is 12.1 Å². The zero-order valence-corrected chi connectivity index (χ0v) is 11.7. The van der Waals surface area contributed by atoms with Crippen LogP contribution < -0.4 is 5.32 Å². The van der Waals surface area contributed by atoms with E-state index in [1.54, 1.807) is 16.9 Å². The molecule has 5 nitrogen and oxygen atoms in total. The summed E-state index contributed by atoms with van der Waals surface area (Å²) in [6.07, 6.45) is 2.05. The lowest BCUT2D eigenvalue weighted by Gasteiger charge is -2.05. The van der Waals surface area contributed by atoms with Gasteiger partial charge in [-0.3, -0.25) is 9.48 Å². The maximum Gasteiger partial charge on any atom is 0.230 e. The number of rotatable bonds is 3. The van der Waals surface area contributed by atoms with Crippen LogP contribution in [0.2, 0.25) is 0 Å². The number of hydrogen-bond acceptors (Lipinski definition) is 3. The van der Waals surface area contributed by atoms with Crippen molar-refractivity contribution < 1.29 is 4.79 Å². The van der Waals surface area contributed by atoms with Gasteiger partial charge in [0.1, 0.15) is 5.82 Å². The Kier molecular flexibility index (Phi) is 3.64. The molecule has 1 amide bonds. The van der Waals surface area contributed by atoms with Gasteiger partial charge in [0, 0.05) is 24.5 Å². The first-order valence-corrected chi connectivity index (χ1v) is 6.19. The molecule has 0 aliphatic heterocycles. The third kappa shape index (κ3) is 2.99. The van der Waals surface area contributed by atoms with Crippen molar-refractivity contribution in [2.75, 3.05) is 5.32 Å². The van der Waals surface area contributed by atoms with Crippen LogP contribution >= 0.6 is 0 Å². The molecular weight excluding hydrogens is 240 g/mol. The largest absolute Gasteiger partial charge is 0.310 e. The number of aromatic nitrogens is 3. The van der Waals surface area contributed by atoms with Crippen molar-refractivity contribution in [1.29, 1.82) is 0 Å². The number of carbonyl (C=O) groups is 1. The number of anilines is 1. The lowest BCUT2D eigenvalue weighted by Crippen LogP contribution is -2.16. The SMILES string of the molecule is Cc1ccc(NC(=O)Cc2c(C)nn(C)c2C)nc1. The summed E-state index contributed by atoms with van der Waals surface area (Å²) >= 11 is 0. The highest BCUT2D eigenvalue weighted by Gasteiger charge is 2.13.